The second-order valence-corrected chi connectivity index (χ2v) is 3.72. The van der Waals surface area contributed by atoms with E-state index in [9.17, 15) is 0 Å². The van der Waals surface area contributed by atoms with Gasteiger partial charge >= 0.3 is 0 Å². The Kier molecular flexibility index (Phi) is 2.38. The molecule has 1 heterocycles. The highest BCUT2D eigenvalue weighted by Crippen LogP contribution is 2.46. The normalized spacial score (nSPS) is 16.6. The van der Waals surface area contributed by atoms with Crippen LogP contribution in [-0.4, -0.2) is 4.64 Å². The predicted molar refractivity (Wildman–Crippen MR) is 55.8 cm³/mol. The van der Waals surface area contributed by atoms with Crippen molar-refractivity contribution < 1.29 is 0 Å². The van der Waals surface area contributed by atoms with Gasteiger partial charge in [-0.25, -0.2) is 0 Å². The summed E-state index contributed by atoms with van der Waals surface area (Å²) in [4.78, 5) is 0. The van der Waals surface area contributed by atoms with Crippen LogP contribution in [0, 0.1) is 0 Å². The molecule has 0 spiro atoms. The van der Waals surface area contributed by atoms with Crippen molar-refractivity contribution in [1.29, 1.82) is 0 Å². The zero-order valence-electron chi connectivity index (χ0n) is 6.09. The minimum atomic E-state index is 0.487. The summed E-state index contributed by atoms with van der Waals surface area (Å²) >= 11 is 23.2. The first kappa shape index (κ1) is 9.49. The smallest absolute Gasteiger partial charge is 0.119 e. The molecule has 70 valence electrons. The first-order valence-corrected chi connectivity index (χ1v) is 4.68. The molecule has 7 heteroatoms. The standard InChI is InChI=1S/C6H3Cl4N3/c7-4-2-1-3-5-6(4)12(9)13(10)11(5)8/h1-3H. The number of hydrazine groups is 2. The van der Waals surface area contributed by atoms with E-state index in [0.29, 0.717) is 16.4 Å². The molecule has 3 nitrogen and oxygen atoms in total. The van der Waals surface area contributed by atoms with E-state index in [2.05, 4.69) is 0 Å². The third kappa shape index (κ3) is 1.32. The van der Waals surface area contributed by atoms with Gasteiger partial charge in [0.25, 0.3) is 0 Å². The average Bonchev–Trinajstić information content (AvgIpc) is 2.33. The summed E-state index contributed by atoms with van der Waals surface area (Å²) in [5, 5.41) is 0.487. The molecule has 0 amide bonds. The molecule has 0 radical (unpaired) electrons. The van der Waals surface area contributed by atoms with Crippen molar-refractivity contribution in [3.05, 3.63) is 23.2 Å². The third-order valence-electron chi connectivity index (χ3n) is 1.64. The average molecular weight is 259 g/mol. The van der Waals surface area contributed by atoms with Crippen LogP contribution in [0.4, 0.5) is 11.4 Å². The monoisotopic (exact) mass is 257 g/mol. The van der Waals surface area contributed by atoms with Gasteiger partial charge in [-0.2, -0.15) is 9.06 Å². The van der Waals surface area contributed by atoms with Gasteiger partial charge in [-0.15, -0.1) is 0 Å². The number of hydrogen-bond acceptors (Lipinski definition) is 3. The van der Waals surface area contributed by atoms with E-state index in [4.69, 9.17) is 46.9 Å². The van der Waals surface area contributed by atoms with Gasteiger partial charge in [0.05, 0.1) is 5.02 Å². The number of nitrogens with zero attached hydrogens (tertiary/aromatic N) is 3. The van der Waals surface area contributed by atoms with Crippen LogP contribution in [0.25, 0.3) is 0 Å². The highest BCUT2D eigenvalue weighted by Gasteiger charge is 2.33. The summed E-state index contributed by atoms with van der Waals surface area (Å²) < 4.78 is 3.31. The molecule has 13 heavy (non-hydrogen) atoms. The van der Waals surface area contributed by atoms with E-state index in [1.165, 1.54) is 0 Å². The van der Waals surface area contributed by atoms with Crippen molar-refractivity contribution in [2.24, 2.45) is 0 Å². The number of fused-ring (bicyclic) bond motifs is 1. The van der Waals surface area contributed by atoms with Crippen molar-refractivity contribution >= 4 is 58.3 Å². The van der Waals surface area contributed by atoms with Crippen LogP contribution < -0.4 is 9.06 Å². The fourth-order valence-electron chi connectivity index (χ4n) is 1.08. The lowest BCUT2D eigenvalue weighted by Crippen LogP contribution is -2.30. The Balaban J connectivity index is 2.60. The third-order valence-corrected chi connectivity index (χ3v) is 3.04. The SMILES string of the molecule is Clc1cccc2c1N(Cl)N(Cl)N2Cl. The highest BCUT2D eigenvalue weighted by molar-refractivity contribution is 6.42. The first-order chi connectivity index (χ1) is 6.13. The molecule has 1 aromatic rings. The van der Waals surface area contributed by atoms with Crippen molar-refractivity contribution in [3.63, 3.8) is 0 Å². The van der Waals surface area contributed by atoms with E-state index < -0.39 is 0 Å². The molecule has 0 N–H and O–H groups in total. The molecule has 0 unspecified atom stereocenters. The van der Waals surface area contributed by atoms with Crippen LogP contribution in [0.3, 0.4) is 0 Å². The molecule has 0 saturated heterocycles. The molecule has 0 fully saturated rings. The number of anilines is 2. The van der Waals surface area contributed by atoms with Gasteiger partial charge in [0.2, 0.25) is 0 Å². The van der Waals surface area contributed by atoms with Gasteiger partial charge < -0.3 is 0 Å². The van der Waals surface area contributed by atoms with E-state index in [1.54, 1.807) is 18.2 Å². The number of benzene rings is 1. The summed E-state index contributed by atoms with van der Waals surface area (Å²) in [7, 11) is 0. The van der Waals surface area contributed by atoms with Crippen LogP contribution in [-0.2, 0) is 0 Å². The van der Waals surface area contributed by atoms with Crippen LogP contribution in [0.15, 0.2) is 18.2 Å². The molecule has 0 saturated carbocycles. The van der Waals surface area contributed by atoms with Gasteiger partial charge in [0, 0.05) is 35.3 Å². The topological polar surface area (TPSA) is 9.72 Å². The first-order valence-electron chi connectivity index (χ1n) is 3.29. The molecule has 0 aromatic heterocycles. The van der Waals surface area contributed by atoms with Gasteiger partial charge in [-0.1, -0.05) is 17.7 Å². The second-order valence-electron chi connectivity index (χ2n) is 2.37. The molecule has 1 aliphatic rings. The Bertz CT molecular complexity index is 345. The highest BCUT2D eigenvalue weighted by atomic mass is 35.5. The van der Waals surface area contributed by atoms with Gasteiger partial charge in [0.15, 0.2) is 0 Å². The molecule has 2 rings (SSSR count). The summed E-state index contributed by atoms with van der Waals surface area (Å²) in [6.45, 7) is 0. The number of halogens is 4. The summed E-state index contributed by atoms with van der Waals surface area (Å²) in [6.07, 6.45) is 0. The Hall–Kier alpha value is -0.0600. The maximum atomic E-state index is 5.90. The lowest BCUT2D eigenvalue weighted by atomic mass is 10.3. The minimum absolute atomic E-state index is 0.487. The quantitative estimate of drug-likeness (QED) is 0.659. The molecular formula is C6H3Cl4N3. The van der Waals surface area contributed by atoms with Crippen molar-refractivity contribution in [2.75, 3.05) is 9.06 Å². The Morgan fingerprint density at radius 3 is 2.31 bits per heavy atom. The van der Waals surface area contributed by atoms with Crippen LogP contribution in [0.2, 0.25) is 5.02 Å². The van der Waals surface area contributed by atoms with E-state index in [1.807, 2.05) is 0 Å². The molecule has 0 aliphatic carbocycles. The molecule has 1 aliphatic heterocycles. The van der Waals surface area contributed by atoms with Crippen molar-refractivity contribution in [3.8, 4) is 0 Å². The lowest BCUT2D eigenvalue weighted by molar-refractivity contribution is 0.557. The molecule has 1 aromatic carbocycles. The van der Waals surface area contributed by atoms with Crippen LogP contribution >= 0.6 is 46.9 Å². The number of para-hydroxylation sites is 1. The van der Waals surface area contributed by atoms with Crippen LogP contribution in [0.5, 0.6) is 0 Å². The largest absolute Gasteiger partial charge is 0.178 e. The lowest BCUT2D eigenvalue weighted by Gasteiger charge is -2.17. The number of hydrogen-bond donors (Lipinski definition) is 0. The fourth-order valence-corrected chi connectivity index (χ4v) is 2.01. The predicted octanol–water partition coefficient (Wildman–Crippen LogP) is 3.56. The van der Waals surface area contributed by atoms with Crippen LogP contribution in [0.1, 0.15) is 0 Å². The summed E-state index contributed by atoms with van der Waals surface area (Å²) in [5.41, 5.74) is 1.20. The number of rotatable bonds is 0. The second kappa shape index (κ2) is 3.26. The molecule has 0 bridgehead atoms. The Morgan fingerprint density at radius 2 is 1.69 bits per heavy atom. The molecular weight excluding hydrogens is 256 g/mol. The Labute approximate surface area is 95.2 Å². The zero-order chi connectivity index (χ0) is 9.59. The fraction of sp³-hybridized carbons (Fsp3) is 0. The Morgan fingerprint density at radius 1 is 1.00 bits per heavy atom. The van der Waals surface area contributed by atoms with Gasteiger partial charge in [-0.3, -0.25) is 0 Å². The molecule has 0 atom stereocenters. The maximum Gasteiger partial charge on any atom is 0.119 e. The van der Waals surface area contributed by atoms with E-state index >= 15 is 0 Å². The van der Waals surface area contributed by atoms with Crippen molar-refractivity contribution in [1.82, 2.24) is 4.64 Å². The van der Waals surface area contributed by atoms with Gasteiger partial charge in [-0.05, 0) is 16.8 Å². The zero-order valence-corrected chi connectivity index (χ0v) is 9.11. The maximum absolute atomic E-state index is 5.90. The van der Waals surface area contributed by atoms with Crippen molar-refractivity contribution in [2.45, 2.75) is 0 Å². The van der Waals surface area contributed by atoms with E-state index in [-0.39, 0.29) is 0 Å². The van der Waals surface area contributed by atoms with Gasteiger partial charge in [0.1, 0.15) is 11.4 Å². The summed E-state index contributed by atoms with van der Waals surface area (Å²) in [6, 6.07) is 5.22. The minimum Gasteiger partial charge on any atom is -0.178 e. The summed E-state index contributed by atoms with van der Waals surface area (Å²) in [5.74, 6) is 0. The van der Waals surface area contributed by atoms with E-state index in [0.717, 1.165) is 13.7 Å².